The van der Waals surface area contributed by atoms with Crippen LogP contribution < -0.4 is 11.1 Å². The molecule has 1 aromatic carbocycles. The number of benzene rings is 1. The molecule has 0 atom stereocenters. The first-order valence-electron chi connectivity index (χ1n) is 6.38. The van der Waals surface area contributed by atoms with E-state index in [-0.39, 0.29) is 0 Å². The summed E-state index contributed by atoms with van der Waals surface area (Å²) in [6, 6.07) is 10.6. The van der Waals surface area contributed by atoms with Crippen LogP contribution in [0.15, 0.2) is 30.3 Å². The van der Waals surface area contributed by atoms with E-state index in [4.69, 9.17) is 5.73 Å². The second-order valence-corrected chi connectivity index (χ2v) is 4.19. The zero-order valence-corrected chi connectivity index (χ0v) is 10.1. The van der Waals surface area contributed by atoms with E-state index >= 15 is 0 Å². The molecule has 1 aromatic rings. The van der Waals surface area contributed by atoms with Gasteiger partial charge >= 0.3 is 0 Å². The monoisotopic (exact) mass is 220 g/mol. The number of unbranched alkanes of at least 4 members (excludes halogenated alkanes) is 3. The summed E-state index contributed by atoms with van der Waals surface area (Å²) in [5.41, 5.74) is 6.85. The van der Waals surface area contributed by atoms with Gasteiger partial charge in [0, 0.05) is 0 Å². The lowest BCUT2D eigenvalue weighted by atomic mass is 10.1. The average molecular weight is 220 g/mol. The Labute approximate surface area is 99.2 Å². The summed E-state index contributed by atoms with van der Waals surface area (Å²) in [5.74, 6) is 0. The molecule has 0 spiro atoms. The van der Waals surface area contributed by atoms with E-state index in [1.165, 1.54) is 31.2 Å². The van der Waals surface area contributed by atoms with Gasteiger partial charge in [0.05, 0.1) is 0 Å². The van der Waals surface area contributed by atoms with Crippen LogP contribution in [0.5, 0.6) is 0 Å². The van der Waals surface area contributed by atoms with E-state index < -0.39 is 0 Å². The topological polar surface area (TPSA) is 38.0 Å². The Balaban J connectivity index is 1.89. The molecular formula is C14H24N2. The van der Waals surface area contributed by atoms with Crippen LogP contribution in [0.3, 0.4) is 0 Å². The van der Waals surface area contributed by atoms with Crippen molar-refractivity contribution in [2.45, 2.75) is 32.1 Å². The molecule has 90 valence electrons. The van der Waals surface area contributed by atoms with Crippen LogP contribution in [0.25, 0.3) is 0 Å². The van der Waals surface area contributed by atoms with Crippen LogP contribution in [0, 0.1) is 0 Å². The zero-order chi connectivity index (χ0) is 11.5. The predicted octanol–water partition coefficient (Wildman–Crippen LogP) is 2.34. The van der Waals surface area contributed by atoms with E-state index in [1.807, 2.05) is 0 Å². The van der Waals surface area contributed by atoms with E-state index in [0.29, 0.717) is 0 Å². The molecule has 0 fully saturated rings. The largest absolute Gasteiger partial charge is 0.330 e. The molecule has 0 saturated carbocycles. The molecule has 16 heavy (non-hydrogen) atoms. The molecule has 3 N–H and O–H groups in total. The number of nitrogens with one attached hydrogen (secondary N) is 1. The molecule has 0 heterocycles. The van der Waals surface area contributed by atoms with Crippen molar-refractivity contribution in [3.63, 3.8) is 0 Å². The molecule has 2 nitrogen and oxygen atoms in total. The van der Waals surface area contributed by atoms with E-state index in [9.17, 15) is 0 Å². The quantitative estimate of drug-likeness (QED) is 0.627. The van der Waals surface area contributed by atoms with Crippen LogP contribution in [-0.2, 0) is 6.42 Å². The first-order chi connectivity index (χ1) is 7.93. The number of nitrogens with two attached hydrogens (primary N) is 1. The molecule has 0 aromatic heterocycles. The molecule has 0 saturated heterocycles. The van der Waals surface area contributed by atoms with E-state index in [1.54, 1.807) is 0 Å². The zero-order valence-electron chi connectivity index (χ0n) is 10.1. The molecule has 0 aliphatic carbocycles. The number of rotatable bonds is 9. The molecule has 0 aliphatic rings. The highest BCUT2D eigenvalue weighted by Gasteiger charge is 1.92. The Bertz CT molecular complexity index is 246. The van der Waals surface area contributed by atoms with Crippen LogP contribution >= 0.6 is 0 Å². The Kier molecular flexibility index (Phi) is 7.74. The maximum absolute atomic E-state index is 5.44. The maximum Gasteiger partial charge on any atom is -0.000835 e. The first kappa shape index (κ1) is 13.2. The summed E-state index contributed by atoms with van der Waals surface area (Å²) in [6.07, 6.45) is 6.15. The van der Waals surface area contributed by atoms with Gasteiger partial charge in [-0.05, 0) is 44.5 Å². The van der Waals surface area contributed by atoms with Gasteiger partial charge in [0.1, 0.15) is 0 Å². The number of hydrogen-bond acceptors (Lipinski definition) is 2. The summed E-state index contributed by atoms with van der Waals surface area (Å²) in [4.78, 5) is 0. The SMILES string of the molecule is NCCCCCCNCCc1ccccc1. The molecular weight excluding hydrogens is 196 g/mol. The molecule has 2 heteroatoms. The van der Waals surface area contributed by atoms with Gasteiger partial charge in [0.25, 0.3) is 0 Å². The van der Waals surface area contributed by atoms with Crippen molar-refractivity contribution in [3.05, 3.63) is 35.9 Å². The predicted molar refractivity (Wildman–Crippen MR) is 70.5 cm³/mol. The minimum atomic E-state index is 0.835. The third-order valence-corrected chi connectivity index (χ3v) is 2.74. The van der Waals surface area contributed by atoms with Gasteiger partial charge in [0.2, 0.25) is 0 Å². The average Bonchev–Trinajstić information content (AvgIpc) is 2.34. The van der Waals surface area contributed by atoms with Crippen LogP contribution in [0.1, 0.15) is 31.2 Å². The van der Waals surface area contributed by atoms with Crippen molar-refractivity contribution in [2.24, 2.45) is 5.73 Å². The summed E-state index contributed by atoms with van der Waals surface area (Å²) in [7, 11) is 0. The lowest BCUT2D eigenvalue weighted by Gasteiger charge is -2.04. The van der Waals surface area contributed by atoms with Gasteiger partial charge in [0.15, 0.2) is 0 Å². The summed E-state index contributed by atoms with van der Waals surface area (Å²) in [5, 5.41) is 3.48. The fraction of sp³-hybridized carbons (Fsp3) is 0.571. The highest BCUT2D eigenvalue weighted by Crippen LogP contribution is 1.99. The highest BCUT2D eigenvalue weighted by molar-refractivity contribution is 5.14. The Hall–Kier alpha value is -0.860. The maximum atomic E-state index is 5.44. The highest BCUT2D eigenvalue weighted by atomic mass is 14.8. The van der Waals surface area contributed by atoms with Crippen molar-refractivity contribution in [2.75, 3.05) is 19.6 Å². The second-order valence-electron chi connectivity index (χ2n) is 4.19. The third kappa shape index (κ3) is 6.59. The second kappa shape index (κ2) is 9.37. The molecule has 1 rings (SSSR count). The van der Waals surface area contributed by atoms with Gasteiger partial charge in [-0.2, -0.15) is 0 Å². The fourth-order valence-electron chi connectivity index (χ4n) is 1.75. The van der Waals surface area contributed by atoms with Gasteiger partial charge in [-0.15, -0.1) is 0 Å². The van der Waals surface area contributed by atoms with Gasteiger partial charge in [-0.25, -0.2) is 0 Å². The minimum absolute atomic E-state index is 0.835. The normalized spacial score (nSPS) is 10.6. The summed E-state index contributed by atoms with van der Waals surface area (Å²) >= 11 is 0. The van der Waals surface area contributed by atoms with Crippen LogP contribution in [0.2, 0.25) is 0 Å². The van der Waals surface area contributed by atoms with Crippen molar-refractivity contribution in [1.29, 1.82) is 0 Å². The van der Waals surface area contributed by atoms with Crippen LogP contribution in [0.4, 0.5) is 0 Å². The molecule has 0 amide bonds. The smallest absolute Gasteiger partial charge is 0.000835 e. The van der Waals surface area contributed by atoms with Crippen molar-refractivity contribution < 1.29 is 0 Å². The van der Waals surface area contributed by atoms with Gasteiger partial charge in [-0.3, -0.25) is 0 Å². The molecule has 0 bridgehead atoms. The first-order valence-corrected chi connectivity index (χ1v) is 6.38. The van der Waals surface area contributed by atoms with Crippen molar-refractivity contribution in [1.82, 2.24) is 5.32 Å². The summed E-state index contributed by atoms with van der Waals surface area (Å²) < 4.78 is 0. The molecule has 0 unspecified atom stereocenters. The Morgan fingerprint density at radius 1 is 0.875 bits per heavy atom. The molecule has 0 aliphatic heterocycles. The third-order valence-electron chi connectivity index (χ3n) is 2.74. The fourth-order valence-corrected chi connectivity index (χ4v) is 1.75. The lowest BCUT2D eigenvalue weighted by molar-refractivity contribution is 0.591. The number of hydrogen-bond donors (Lipinski definition) is 2. The van der Waals surface area contributed by atoms with Gasteiger partial charge < -0.3 is 11.1 Å². The Morgan fingerprint density at radius 3 is 2.38 bits per heavy atom. The summed E-state index contributed by atoms with van der Waals surface area (Å²) in [6.45, 7) is 3.06. The van der Waals surface area contributed by atoms with Crippen molar-refractivity contribution >= 4 is 0 Å². The van der Waals surface area contributed by atoms with E-state index in [0.717, 1.165) is 26.1 Å². The lowest BCUT2D eigenvalue weighted by Crippen LogP contribution is -2.18. The molecule has 0 radical (unpaired) electrons. The van der Waals surface area contributed by atoms with Crippen molar-refractivity contribution in [3.8, 4) is 0 Å². The minimum Gasteiger partial charge on any atom is -0.330 e. The van der Waals surface area contributed by atoms with E-state index in [2.05, 4.69) is 35.6 Å². The van der Waals surface area contributed by atoms with Gasteiger partial charge in [-0.1, -0.05) is 43.2 Å². The van der Waals surface area contributed by atoms with Crippen LogP contribution in [-0.4, -0.2) is 19.6 Å². The Morgan fingerprint density at radius 2 is 1.62 bits per heavy atom. The standard InChI is InChI=1S/C14H24N2/c15-11-6-1-2-7-12-16-13-10-14-8-4-3-5-9-14/h3-5,8-9,16H,1-2,6-7,10-13,15H2.